The first kappa shape index (κ1) is 16.0. The SMILES string of the molecule is COc1c(Br)cc(Cl)cc1S(=O)(=O)Nc1cccc(F)n1. The predicted octanol–water partition coefficient (Wildman–Crippen LogP) is 3.45. The maximum atomic E-state index is 13.0. The third kappa shape index (κ3) is 3.63. The van der Waals surface area contributed by atoms with Crippen molar-refractivity contribution in [2.45, 2.75) is 4.90 Å². The molecule has 2 rings (SSSR count). The smallest absolute Gasteiger partial charge is 0.266 e. The minimum absolute atomic E-state index is 0.0864. The van der Waals surface area contributed by atoms with E-state index >= 15 is 0 Å². The highest BCUT2D eigenvalue weighted by atomic mass is 79.9. The Balaban J connectivity index is 2.49. The Morgan fingerprint density at radius 3 is 2.71 bits per heavy atom. The number of ether oxygens (including phenoxy) is 1. The van der Waals surface area contributed by atoms with Crippen molar-refractivity contribution in [3.05, 3.63) is 45.8 Å². The van der Waals surface area contributed by atoms with Crippen LogP contribution in [-0.2, 0) is 10.0 Å². The van der Waals surface area contributed by atoms with Crippen LogP contribution in [0.5, 0.6) is 5.75 Å². The molecule has 5 nitrogen and oxygen atoms in total. The van der Waals surface area contributed by atoms with Crippen LogP contribution < -0.4 is 9.46 Å². The number of hydrogen-bond donors (Lipinski definition) is 1. The van der Waals surface area contributed by atoms with Gasteiger partial charge >= 0.3 is 0 Å². The number of nitrogens with one attached hydrogen (secondary N) is 1. The minimum Gasteiger partial charge on any atom is -0.494 e. The standard InChI is InChI=1S/C12H9BrClFN2O3S/c1-20-12-8(13)5-7(14)6-9(12)21(18,19)17-11-4-2-3-10(15)16-11/h2-6H,1H3,(H,16,17). The summed E-state index contributed by atoms with van der Waals surface area (Å²) in [5.41, 5.74) is 0. The molecule has 0 atom stereocenters. The van der Waals surface area contributed by atoms with E-state index < -0.39 is 16.0 Å². The van der Waals surface area contributed by atoms with Gasteiger partial charge in [0.25, 0.3) is 10.0 Å². The second-order valence-electron chi connectivity index (χ2n) is 3.87. The first-order valence-corrected chi connectivity index (χ1v) is 8.17. The molecule has 2 aromatic rings. The van der Waals surface area contributed by atoms with E-state index in [0.717, 1.165) is 6.07 Å². The Bertz CT molecular complexity index is 786. The van der Waals surface area contributed by atoms with Gasteiger partial charge in [0.15, 0.2) is 5.75 Å². The lowest BCUT2D eigenvalue weighted by atomic mass is 10.3. The lowest BCUT2D eigenvalue weighted by Crippen LogP contribution is -2.15. The van der Waals surface area contributed by atoms with E-state index in [1.165, 1.54) is 31.4 Å². The quantitative estimate of drug-likeness (QED) is 0.805. The molecule has 9 heteroatoms. The van der Waals surface area contributed by atoms with Gasteiger partial charge in [0.1, 0.15) is 10.7 Å². The van der Waals surface area contributed by atoms with E-state index in [0.29, 0.717) is 4.47 Å². The maximum Gasteiger partial charge on any atom is 0.266 e. The van der Waals surface area contributed by atoms with Crippen molar-refractivity contribution in [2.24, 2.45) is 0 Å². The molecule has 21 heavy (non-hydrogen) atoms. The van der Waals surface area contributed by atoms with Gasteiger partial charge in [-0.3, -0.25) is 4.72 Å². The molecule has 1 N–H and O–H groups in total. The Morgan fingerprint density at radius 2 is 2.10 bits per heavy atom. The number of halogens is 3. The summed E-state index contributed by atoms with van der Waals surface area (Å²) >= 11 is 9.03. The van der Waals surface area contributed by atoms with Crippen molar-refractivity contribution in [2.75, 3.05) is 11.8 Å². The molecular weight excluding hydrogens is 387 g/mol. The number of sulfonamides is 1. The largest absolute Gasteiger partial charge is 0.494 e. The molecule has 0 amide bonds. The molecule has 0 aliphatic carbocycles. The first-order chi connectivity index (χ1) is 9.83. The van der Waals surface area contributed by atoms with Crippen LogP contribution in [0.1, 0.15) is 0 Å². The van der Waals surface area contributed by atoms with Crippen LogP contribution in [0.4, 0.5) is 10.2 Å². The van der Waals surface area contributed by atoms with Crippen LogP contribution in [-0.4, -0.2) is 20.5 Å². The Labute approximate surface area is 134 Å². The molecule has 0 saturated heterocycles. The molecule has 0 saturated carbocycles. The molecule has 0 aliphatic heterocycles. The summed E-state index contributed by atoms with van der Waals surface area (Å²) in [6.45, 7) is 0. The average molecular weight is 396 g/mol. The normalized spacial score (nSPS) is 11.2. The van der Waals surface area contributed by atoms with Crippen molar-refractivity contribution >= 4 is 43.4 Å². The summed E-state index contributed by atoms with van der Waals surface area (Å²) in [7, 11) is -2.71. The Kier molecular flexibility index (Phi) is 4.70. The lowest BCUT2D eigenvalue weighted by molar-refractivity contribution is 0.400. The predicted molar refractivity (Wildman–Crippen MR) is 80.7 cm³/mol. The molecule has 0 aliphatic rings. The molecule has 0 unspecified atom stereocenters. The number of anilines is 1. The third-order valence-electron chi connectivity index (χ3n) is 2.42. The van der Waals surface area contributed by atoms with Gasteiger partial charge in [-0.2, -0.15) is 4.39 Å². The molecular formula is C12H9BrClFN2O3S. The summed E-state index contributed by atoms with van der Waals surface area (Å²) in [4.78, 5) is 3.26. The molecule has 0 fully saturated rings. The van der Waals surface area contributed by atoms with Crippen LogP contribution >= 0.6 is 27.5 Å². The summed E-state index contributed by atoms with van der Waals surface area (Å²) in [5, 5.41) is 0.204. The fraction of sp³-hybridized carbons (Fsp3) is 0.0833. The zero-order valence-electron chi connectivity index (χ0n) is 10.6. The van der Waals surface area contributed by atoms with Gasteiger partial charge in [-0.1, -0.05) is 17.7 Å². The number of nitrogens with zero attached hydrogens (tertiary/aromatic N) is 1. The maximum absolute atomic E-state index is 13.0. The summed E-state index contributed by atoms with van der Waals surface area (Å²) in [6.07, 6.45) is 0. The zero-order chi connectivity index (χ0) is 15.6. The van der Waals surface area contributed by atoms with Crippen LogP contribution in [0.15, 0.2) is 39.7 Å². The number of pyridine rings is 1. The number of rotatable bonds is 4. The zero-order valence-corrected chi connectivity index (χ0v) is 13.8. The molecule has 1 aromatic heterocycles. The summed E-state index contributed by atoms with van der Waals surface area (Å²) in [6, 6.07) is 6.50. The number of aromatic nitrogens is 1. The first-order valence-electron chi connectivity index (χ1n) is 5.52. The van der Waals surface area contributed by atoms with Gasteiger partial charge in [-0.25, -0.2) is 13.4 Å². The molecule has 0 radical (unpaired) electrons. The highest BCUT2D eigenvalue weighted by Crippen LogP contribution is 2.35. The Morgan fingerprint density at radius 1 is 1.38 bits per heavy atom. The van der Waals surface area contributed by atoms with Gasteiger partial charge in [0, 0.05) is 5.02 Å². The molecule has 1 heterocycles. The van der Waals surface area contributed by atoms with Crippen molar-refractivity contribution in [3.63, 3.8) is 0 Å². The van der Waals surface area contributed by atoms with E-state index in [4.69, 9.17) is 16.3 Å². The van der Waals surface area contributed by atoms with E-state index in [1.54, 1.807) is 0 Å². The van der Waals surface area contributed by atoms with Crippen LogP contribution in [0, 0.1) is 5.95 Å². The van der Waals surface area contributed by atoms with Gasteiger partial charge in [-0.05, 0) is 40.2 Å². The average Bonchev–Trinajstić information content (AvgIpc) is 2.37. The van der Waals surface area contributed by atoms with E-state index in [9.17, 15) is 12.8 Å². The van der Waals surface area contributed by atoms with Crippen molar-refractivity contribution < 1.29 is 17.5 Å². The highest BCUT2D eigenvalue weighted by molar-refractivity contribution is 9.10. The number of hydrogen-bond acceptors (Lipinski definition) is 4. The summed E-state index contributed by atoms with van der Waals surface area (Å²) < 4.78 is 45.4. The van der Waals surface area contributed by atoms with Crippen molar-refractivity contribution in [3.8, 4) is 5.75 Å². The lowest BCUT2D eigenvalue weighted by Gasteiger charge is -2.13. The van der Waals surface area contributed by atoms with Crippen LogP contribution in [0.3, 0.4) is 0 Å². The van der Waals surface area contributed by atoms with Gasteiger partial charge in [-0.15, -0.1) is 0 Å². The second kappa shape index (κ2) is 6.17. The molecule has 0 spiro atoms. The fourth-order valence-corrected chi connectivity index (χ4v) is 3.98. The molecule has 1 aromatic carbocycles. The Hall–Kier alpha value is -1.38. The minimum atomic E-state index is -4.04. The van der Waals surface area contributed by atoms with E-state index in [2.05, 4.69) is 25.6 Å². The van der Waals surface area contributed by atoms with Gasteiger partial charge in [0.2, 0.25) is 5.95 Å². The molecule has 112 valence electrons. The second-order valence-corrected chi connectivity index (χ2v) is 6.81. The van der Waals surface area contributed by atoms with Crippen LogP contribution in [0.2, 0.25) is 5.02 Å². The fourth-order valence-electron chi connectivity index (χ4n) is 1.59. The third-order valence-corrected chi connectivity index (χ3v) is 4.59. The highest BCUT2D eigenvalue weighted by Gasteiger charge is 2.23. The molecule has 0 bridgehead atoms. The number of methoxy groups -OCH3 is 1. The van der Waals surface area contributed by atoms with E-state index in [1.807, 2.05) is 0 Å². The van der Waals surface area contributed by atoms with Gasteiger partial charge < -0.3 is 4.74 Å². The van der Waals surface area contributed by atoms with Crippen molar-refractivity contribution in [1.29, 1.82) is 0 Å². The van der Waals surface area contributed by atoms with Crippen molar-refractivity contribution in [1.82, 2.24) is 4.98 Å². The summed E-state index contributed by atoms with van der Waals surface area (Å²) in [5.74, 6) is -0.856. The van der Waals surface area contributed by atoms with Gasteiger partial charge in [0.05, 0.1) is 11.6 Å². The number of benzene rings is 1. The monoisotopic (exact) mass is 394 g/mol. The van der Waals surface area contributed by atoms with E-state index in [-0.39, 0.29) is 21.5 Å². The topological polar surface area (TPSA) is 68.3 Å². The van der Waals surface area contributed by atoms with Crippen LogP contribution in [0.25, 0.3) is 0 Å².